The van der Waals surface area contributed by atoms with Gasteiger partial charge in [-0.1, -0.05) is 28.9 Å². The summed E-state index contributed by atoms with van der Waals surface area (Å²) in [6.45, 7) is 2.02. The Morgan fingerprint density at radius 2 is 2.18 bits per heavy atom. The number of alkyl halides is 1. The molecule has 0 aliphatic heterocycles. The Morgan fingerprint density at radius 1 is 1.47 bits per heavy atom. The Hall–Kier alpha value is -1.34. The molecule has 0 aromatic heterocycles. The van der Waals surface area contributed by atoms with Crippen molar-refractivity contribution >= 4 is 21.9 Å². The van der Waals surface area contributed by atoms with Gasteiger partial charge in [0.15, 0.2) is 0 Å². The summed E-state index contributed by atoms with van der Waals surface area (Å²) in [7, 11) is 1.38. The lowest BCUT2D eigenvalue weighted by Crippen LogP contribution is -2.09. The minimum absolute atomic E-state index is 0.255. The Morgan fingerprint density at radius 3 is 2.65 bits per heavy atom. The van der Waals surface area contributed by atoms with E-state index in [0.29, 0.717) is 10.9 Å². The third-order valence-corrected chi connectivity index (χ3v) is 3.26. The lowest BCUT2D eigenvalue weighted by atomic mass is 9.94. The summed E-state index contributed by atoms with van der Waals surface area (Å²) in [4.78, 5) is 11.3. The van der Waals surface area contributed by atoms with Crippen LogP contribution in [0.3, 0.4) is 0 Å². The fourth-order valence-electron chi connectivity index (χ4n) is 1.83. The van der Waals surface area contributed by atoms with Gasteiger partial charge in [-0.3, -0.25) is 4.79 Å². The second-order valence-electron chi connectivity index (χ2n) is 3.58. The highest BCUT2D eigenvalue weighted by atomic mass is 79.9. The van der Waals surface area contributed by atoms with E-state index in [2.05, 4.69) is 26.7 Å². The Balaban J connectivity index is 3.24. The number of ether oxygens (including phenoxy) is 1. The molecule has 0 fully saturated rings. The van der Waals surface area contributed by atoms with Gasteiger partial charge in [0.1, 0.15) is 0 Å². The molecule has 17 heavy (non-hydrogen) atoms. The largest absolute Gasteiger partial charge is 0.469 e. The summed E-state index contributed by atoms with van der Waals surface area (Å²) in [5.41, 5.74) is 3.63. The van der Waals surface area contributed by atoms with Crippen LogP contribution in [0.2, 0.25) is 0 Å². The average Bonchev–Trinajstić information content (AvgIpc) is 2.37. The highest BCUT2D eigenvalue weighted by Crippen LogP contribution is 2.23. The predicted octanol–water partition coefficient (Wildman–Crippen LogP) is 2.73. The highest BCUT2D eigenvalue weighted by molar-refractivity contribution is 9.08. The number of hydrogen-bond donors (Lipinski definition) is 0. The van der Waals surface area contributed by atoms with Gasteiger partial charge in [-0.15, -0.1) is 0 Å². The molecule has 0 N–H and O–H groups in total. The molecule has 0 saturated carbocycles. The van der Waals surface area contributed by atoms with Gasteiger partial charge >= 0.3 is 5.97 Å². The number of nitriles is 1. The van der Waals surface area contributed by atoms with Gasteiger partial charge in [-0.25, -0.2) is 0 Å². The van der Waals surface area contributed by atoms with Gasteiger partial charge in [0.25, 0.3) is 0 Å². The van der Waals surface area contributed by atoms with Crippen LogP contribution in [0.1, 0.15) is 29.2 Å². The summed E-state index contributed by atoms with van der Waals surface area (Å²) in [5.74, 6) is -0.259. The topological polar surface area (TPSA) is 50.1 Å². The Labute approximate surface area is 110 Å². The molecular weight excluding hydrogens is 282 g/mol. The summed E-state index contributed by atoms with van der Waals surface area (Å²) < 4.78 is 4.67. The molecule has 0 spiro atoms. The smallest absolute Gasteiger partial charge is 0.309 e. The number of rotatable bonds is 4. The minimum atomic E-state index is -0.259. The van der Waals surface area contributed by atoms with Crippen LogP contribution in [0, 0.1) is 11.3 Å². The second kappa shape index (κ2) is 6.41. The van der Waals surface area contributed by atoms with E-state index >= 15 is 0 Å². The number of benzene rings is 1. The zero-order valence-corrected chi connectivity index (χ0v) is 11.5. The van der Waals surface area contributed by atoms with Crippen molar-refractivity contribution in [1.82, 2.24) is 0 Å². The van der Waals surface area contributed by atoms with Crippen LogP contribution < -0.4 is 0 Å². The molecular formula is C13H14BrNO2. The molecule has 1 aromatic rings. The number of esters is 1. The van der Waals surface area contributed by atoms with Crippen molar-refractivity contribution in [2.24, 2.45) is 0 Å². The van der Waals surface area contributed by atoms with Gasteiger partial charge in [-0.2, -0.15) is 5.26 Å². The standard InChI is InChI=1S/C13H14BrNO2/c1-3-11-9(6-13(16)17-2)4-5-10(8-15)12(11)7-14/h4-5H,3,6-7H2,1-2H3. The summed E-state index contributed by atoms with van der Waals surface area (Å²) in [5, 5.41) is 9.65. The molecule has 0 bridgehead atoms. The Bertz CT molecular complexity index is 463. The van der Waals surface area contributed by atoms with Gasteiger partial charge < -0.3 is 4.74 Å². The summed E-state index contributed by atoms with van der Waals surface area (Å²) >= 11 is 3.39. The lowest BCUT2D eigenvalue weighted by Gasteiger charge is -2.12. The molecule has 0 atom stereocenters. The van der Waals surface area contributed by atoms with E-state index in [0.717, 1.165) is 23.1 Å². The zero-order valence-electron chi connectivity index (χ0n) is 9.92. The predicted molar refractivity (Wildman–Crippen MR) is 68.9 cm³/mol. The number of carbonyl (C=O) groups excluding carboxylic acids is 1. The molecule has 0 radical (unpaired) electrons. The van der Waals surface area contributed by atoms with Crippen molar-refractivity contribution in [2.45, 2.75) is 25.1 Å². The third kappa shape index (κ3) is 3.07. The molecule has 90 valence electrons. The van der Waals surface area contributed by atoms with Gasteiger partial charge in [0.2, 0.25) is 0 Å². The molecule has 4 heteroatoms. The van der Waals surface area contributed by atoms with E-state index in [1.807, 2.05) is 13.0 Å². The first-order valence-electron chi connectivity index (χ1n) is 5.34. The van der Waals surface area contributed by atoms with Crippen LogP contribution in [-0.2, 0) is 27.7 Å². The molecule has 3 nitrogen and oxygen atoms in total. The van der Waals surface area contributed by atoms with Crippen LogP contribution >= 0.6 is 15.9 Å². The fraction of sp³-hybridized carbons (Fsp3) is 0.385. The van der Waals surface area contributed by atoms with Crippen LogP contribution in [0.15, 0.2) is 12.1 Å². The minimum Gasteiger partial charge on any atom is -0.469 e. The maximum absolute atomic E-state index is 11.3. The van der Waals surface area contributed by atoms with Crippen molar-refractivity contribution < 1.29 is 9.53 Å². The Kier molecular flexibility index (Phi) is 5.17. The molecule has 0 unspecified atom stereocenters. The first-order valence-corrected chi connectivity index (χ1v) is 6.46. The van der Waals surface area contributed by atoms with E-state index in [1.165, 1.54) is 7.11 Å². The molecule has 0 saturated heterocycles. The number of halogens is 1. The van der Waals surface area contributed by atoms with Crippen LogP contribution in [0.5, 0.6) is 0 Å². The maximum atomic E-state index is 11.3. The molecule has 0 amide bonds. The zero-order chi connectivity index (χ0) is 12.8. The van der Waals surface area contributed by atoms with Crippen molar-refractivity contribution in [3.05, 3.63) is 34.4 Å². The third-order valence-electron chi connectivity index (χ3n) is 2.70. The normalized spacial score (nSPS) is 9.76. The molecule has 0 aliphatic carbocycles. The van der Waals surface area contributed by atoms with Gasteiger partial charge in [0, 0.05) is 5.33 Å². The van der Waals surface area contributed by atoms with E-state index < -0.39 is 0 Å². The number of methoxy groups -OCH3 is 1. The van der Waals surface area contributed by atoms with E-state index in [-0.39, 0.29) is 12.4 Å². The molecule has 1 rings (SSSR count). The summed E-state index contributed by atoms with van der Waals surface area (Å²) in [6.07, 6.45) is 1.05. The van der Waals surface area contributed by atoms with Gasteiger partial charge in [-0.05, 0) is 29.2 Å². The number of nitrogens with zero attached hydrogens (tertiary/aromatic N) is 1. The fourth-order valence-corrected chi connectivity index (χ4v) is 2.47. The number of hydrogen-bond acceptors (Lipinski definition) is 3. The van der Waals surface area contributed by atoms with Crippen LogP contribution in [0.4, 0.5) is 0 Å². The van der Waals surface area contributed by atoms with Crippen LogP contribution in [0.25, 0.3) is 0 Å². The van der Waals surface area contributed by atoms with Crippen molar-refractivity contribution in [2.75, 3.05) is 7.11 Å². The van der Waals surface area contributed by atoms with Crippen molar-refractivity contribution in [3.8, 4) is 6.07 Å². The lowest BCUT2D eigenvalue weighted by molar-refractivity contribution is -0.139. The average molecular weight is 296 g/mol. The molecule has 1 aromatic carbocycles. The quantitative estimate of drug-likeness (QED) is 0.634. The highest BCUT2D eigenvalue weighted by Gasteiger charge is 2.13. The van der Waals surface area contributed by atoms with E-state index in [4.69, 9.17) is 5.26 Å². The maximum Gasteiger partial charge on any atom is 0.309 e. The SMILES string of the molecule is CCc1c(CC(=O)OC)ccc(C#N)c1CBr. The second-order valence-corrected chi connectivity index (χ2v) is 4.14. The molecule has 0 aliphatic rings. The van der Waals surface area contributed by atoms with Gasteiger partial charge in [0.05, 0.1) is 25.2 Å². The van der Waals surface area contributed by atoms with E-state index in [1.54, 1.807) is 6.07 Å². The van der Waals surface area contributed by atoms with Crippen LogP contribution in [-0.4, -0.2) is 13.1 Å². The van der Waals surface area contributed by atoms with Crippen molar-refractivity contribution in [3.63, 3.8) is 0 Å². The monoisotopic (exact) mass is 295 g/mol. The van der Waals surface area contributed by atoms with Crippen molar-refractivity contribution in [1.29, 1.82) is 5.26 Å². The molecule has 0 heterocycles. The van der Waals surface area contributed by atoms with E-state index in [9.17, 15) is 4.79 Å². The first kappa shape index (κ1) is 13.7. The number of carbonyl (C=O) groups is 1. The first-order chi connectivity index (χ1) is 8.17. The summed E-state index contributed by atoms with van der Waals surface area (Å²) in [6, 6.07) is 5.76.